The minimum atomic E-state index is -0.222. The molecule has 2 rings (SSSR count). The molecule has 0 aromatic carbocycles. The first kappa shape index (κ1) is 11.2. The van der Waals surface area contributed by atoms with E-state index in [1.165, 1.54) is 12.7 Å². The number of nitrogens with two attached hydrogens (primary N) is 1. The number of furan rings is 1. The fourth-order valence-electron chi connectivity index (χ4n) is 2.18. The molecule has 88 valence electrons. The highest BCUT2D eigenvalue weighted by molar-refractivity contribution is 5.91. The van der Waals surface area contributed by atoms with Crippen LogP contribution in [0.2, 0.25) is 0 Å². The van der Waals surface area contributed by atoms with Crippen molar-refractivity contribution in [3.8, 4) is 0 Å². The van der Waals surface area contributed by atoms with Crippen molar-refractivity contribution in [1.29, 1.82) is 0 Å². The Labute approximate surface area is 95.2 Å². The fourth-order valence-corrected chi connectivity index (χ4v) is 2.18. The molecule has 1 heterocycles. The lowest BCUT2D eigenvalue weighted by atomic mass is 9.82. The Hall–Kier alpha value is -1.29. The Morgan fingerprint density at radius 1 is 1.44 bits per heavy atom. The van der Waals surface area contributed by atoms with Crippen molar-refractivity contribution in [2.24, 2.45) is 5.73 Å². The largest absolute Gasteiger partial charge is 0.459 e. The SMILES string of the molecule is NC1(CNC(=O)c2ccco2)CCCCC1. The van der Waals surface area contributed by atoms with E-state index in [2.05, 4.69) is 5.32 Å². The van der Waals surface area contributed by atoms with Gasteiger partial charge in [-0.25, -0.2) is 0 Å². The maximum absolute atomic E-state index is 11.6. The summed E-state index contributed by atoms with van der Waals surface area (Å²) in [5.41, 5.74) is 5.99. The van der Waals surface area contributed by atoms with Crippen LogP contribution in [0.5, 0.6) is 0 Å². The topological polar surface area (TPSA) is 68.3 Å². The highest BCUT2D eigenvalue weighted by atomic mass is 16.3. The third-order valence-electron chi connectivity index (χ3n) is 3.20. The summed E-state index contributed by atoms with van der Waals surface area (Å²) < 4.78 is 5.02. The highest BCUT2D eigenvalue weighted by Crippen LogP contribution is 2.25. The zero-order valence-electron chi connectivity index (χ0n) is 9.37. The van der Waals surface area contributed by atoms with E-state index in [-0.39, 0.29) is 11.4 Å². The first-order valence-corrected chi connectivity index (χ1v) is 5.80. The quantitative estimate of drug-likeness (QED) is 0.817. The van der Waals surface area contributed by atoms with Crippen molar-refractivity contribution in [1.82, 2.24) is 5.32 Å². The van der Waals surface area contributed by atoms with Crippen molar-refractivity contribution in [2.45, 2.75) is 37.6 Å². The Morgan fingerprint density at radius 2 is 2.19 bits per heavy atom. The molecule has 0 spiro atoms. The predicted molar refractivity (Wildman–Crippen MR) is 61.0 cm³/mol. The summed E-state index contributed by atoms with van der Waals surface area (Å²) in [5.74, 6) is 0.166. The predicted octanol–water partition coefficient (Wildman–Crippen LogP) is 1.67. The van der Waals surface area contributed by atoms with E-state index in [4.69, 9.17) is 10.2 Å². The van der Waals surface area contributed by atoms with Gasteiger partial charge in [0.1, 0.15) is 0 Å². The highest BCUT2D eigenvalue weighted by Gasteiger charge is 2.28. The van der Waals surface area contributed by atoms with Gasteiger partial charge in [0.25, 0.3) is 5.91 Å². The number of amides is 1. The number of hydrogen-bond donors (Lipinski definition) is 2. The average molecular weight is 222 g/mol. The van der Waals surface area contributed by atoms with Crippen LogP contribution in [0.4, 0.5) is 0 Å². The van der Waals surface area contributed by atoms with Crippen LogP contribution in [0.3, 0.4) is 0 Å². The molecule has 1 aliphatic carbocycles. The van der Waals surface area contributed by atoms with Crippen molar-refractivity contribution in [3.63, 3.8) is 0 Å². The van der Waals surface area contributed by atoms with Gasteiger partial charge in [0.15, 0.2) is 5.76 Å². The third-order valence-corrected chi connectivity index (χ3v) is 3.20. The molecule has 0 bridgehead atoms. The van der Waals surface area contributed by atoms with Crippen molar-refractivity contribution in [3.05, 3.63) is 24.2 Å². The minimum absolute atomic E-state index is 0.180. The molecular weight excluding hydrogens is 204 g/mol. The van der Waals surface area contributed by atoms with E-state index in [9.17, 15) is 4.79 Å². The van der Waals surface area contributed by atoms with Crippen molar-refractivity contribution < 1.29 is 9.21 Å². The second-order valence-electron chi connectivity index (χ2n) is 4.58. The number of carbonyl (C=O) groups excluding carboxylic acids is 1. The van der Waals surface area contributed by atoms with Gasteiger partial charge in [-0.2, -0.15) is 0 Å². The molecular formula is C12H18N2O2. The minimum Gasteiger partial charge on any atom is -0.459 e. The summed E-state index contributed by atoms with van der Waals surface area (Å²) in [5, 5.41) is 2.84. The summed E-state index contributed by atoms with van der Waals surface area (Å²) in [7, 11) is 0. The monoisotopic (exact) mass is 222 g/mol. The van der Waals surface area contributed by atoms with Gasteiger partial charge in [0.2, 0.25) is 0 Å². The third kappa shape index (κ3) is 2.64. The lowest BCUT2D eigenvalue weighted by Crippen LogP contribution is -2.51. The molecule has 1 aromatic rings. The zero-order chi connectivity index (χ0) is 11.4. The van der Waals surface area contributed by atoms with E-state index in [1.807, 2.05) is 0 Å². The first-order chi connectivity index (χ1) is 7.70. The van der Waals surface area contributed by atoms with Crippen LogP contribution in [-0.2, 0) is 0 Å². The van der Waals surface area contributed by atoms with Gasteiger partial charge in [-0.3, -0.25) is 4.79 Å². The van der Waals surface area contributed by atoms with Gasteiger partial charge in [0.05, 0.1) is 6.26 Å². The van der Waals surface area contributed by atoms with Crippen molar-refractivity contribution in [2.75, 3.05) is 6.54 Å². The van der Waals surface area contributed by atoms with E-state index in [1.54, 1.807) is 12.1 Å². The summed E-state index contributed by atoms with van der Waals surface area (Å²) in [4.78, 5) is 11.6. The van der Waals surface area contributed by atoms with Crippen LogP contribution in [0, 0.1) is 0 Å². The number of nitrogens with one attached hydrogen (secondary N) is 1. The Morgan fingerprint density at radius 3 is 2.81 bits per heavy atom. The molecule has 4 nitrogen and oxygen atoms in total. The van der Waals surface area contributed by atoms with E-state index < -0.39 is 0 Å². The normalized spacial score (nSPS) is 19.3. The van der Waals surface area contributed by atoms with E-state index >= 15 is 0 Å². The van der Waals surface area contributed by atoms with Gasteiger partial charge >= 0.3 is 0 Å². The van der Waals surface area contributed by atoms with Crippen LogP contribution < -0.4 is 11.1 Å². The number of rotatable bonds is 3. The summed E-state index contributed by atoms with van der Waals surface area (Å²) in [6.45, 7) is 0.534. The Balaban J connectivity index is 1.84. The van der Waals surface area contributed by atoms with Crippen molar-refractivity contribution >= 4 is 5.91 Å². The molecule has 4 heteroatoms. The summed E-state index contributed by atoms with van der Waals surface area (Å²) in [6, 6.07) is 3.35. The number of hydrogen-bond acceptors (Lipinski definition) is 3. The molecule has 16 heavy (non-hydrogen) atoms. The van der Waals surface area contributed by atoms with Crippen LogP contribution in [0.15, 0.2) is 22.8 Å². The Bertz CT molecular complexity index is 340. The summed E-state index contributed by atoms with van der Waals surface area (Å²) >= 11 is 0. The van der Waals surface area contributed by atoms with Gasteiger partial charge in [-0.1, -0.05) is 19.3 Å². The molecule has 0 aliphatic heterocycles. The molecule has 1 aromatic heterocycles. The average Bonchev–Trinajstić information content (AvgIpc) is 2.80. The van der Waals surface area contributed by atoms with Crippen LogP contribution in [0.25, 0.3) is 0 Å². The lowest BCUT2D eigenvalue weighted by Gasteiger charge is -2.33. The molecule has 0 unspecified atom stereocenters. The molecule has 1 fully saturated rings. The van der Waals surface area contributed by atoms with Gasteiger partial charge in [-0.15, -0.1) is 0 Å². The van der Waals surface area contributed by atoms with Crippen LogP contribution in [-0.4, -0.2) is 18.0 Å². The van der Waals surface area contributed by atoms with Gasteiger partial charge < -0.3 is 15.5 Å². The van der Waals surface area contributed by atoms with Gasteiger partial charge in [-0.05, 0) is 25.0 Å². The molecule has 3 N–H and O–H groups in total. The second-order valence-corrected chi connectivity index (χ2v) is 4.58. The van der Waals surface area contributed by atoms with E-state index in [0.29, 0.717) is 12.3 Å². The second kappa shape index (κ2) is 4.70. The Kier molecular flexibility index (Phi) is 3.29. The zero-order valence-corrected chi connectivity index (χ0v) is 9.37. The molecule has 0 radical (unpaired) electrons. The van der Waals surface area contributed by atoms with Gasteiger partial charge in [0, 0.05) is 12.1 Å². The van der Waals surface area contributed by atoms with E-state index in [0.717, 1.165) is 25.7 Å². The molecule has 1 saturated carbocycles. The molecule has 1 aliphatic rings. The fraction of sp³-hybridized carbons (Fsp3) is 0.583. The molecule has 1 amide bonds. The molecule has 0 saturated heterocycles. The van der Waals surface area contributed by atoms with Crippen LogP contribution in [0.1, 0.15) is 42.7 Å². The molecule has 0 atom stereocenters. The van der Waals surface area contributed by atoms with Crippen LogP contribution >= 0.6 is 0 Å². The maximum atomic E-state index is 11.6. The smallest absolute Gasteiger partial charge is 0.287 e. The lowest BCUT2D eigenvalue weighted by molar-refractivity contribution is 0.0910. The summed E-state index contributed by atoms with van der Waals surface area (Å²) in [6.07, 6.45) is 7.05. The number of carbonyl (C=O) groups is 1. The first-order valence-electron chi connectivity index (χ1n) is 5.80. The maximum Gasteiger partial charge on any atom is 0.287 e. The standard InChI is InChI=1S/C12H18N2O2/c13-12(6-2-1-3-7-12)9-14-11(15)10-5-4-8-16-10/h4-5,8H,1-3,6-7,9,13H2,(H,14,15).